The normalized spacial score (nSPS) is 11.0. The summed E-state index contributed by atoms with van der Waals surface area (Å²) in [4.78, 5) is 16.2. The Hall–Kier alpha value is -3.32. The van der Waals surface area contributed by atoms with Crippen molar-refractivity contribution < 1.29 is 9.50 Å². The first kappa shape index (κ1) is 16.2. The van der Waals surface area contributed by atoms with Gasteiger partial charge in [0.1, 0.15) is 11.6 Å². The van der Waals surface area contributed by atoms with Gasteiger partial charge in [0.15, 0.2) is 5.82 Å². The molecule has 3 N–H and O–H groups in total. The van der Waals surface area contributed by atoms with Crippen LogP contribution in [0.1, 0.15) is 0 Å². The van der Waals surface area contributed by atoms with Gasteiger partial charge >= 0.3 is 0 Å². The van der Waals surface area contributed by atoms with Gasteiger partial charge in [0, 0.05) is 53.2 Å². The van der Waals surface area contributed by atoms with Crippen LogP contribution >= 0.6 is 0 Å². The Kier molecular flexibility index (Phi) is 4.28. The molecule has 1 aromatic carbocycles. The lowest BCUT2D eigenvalue weighted by atomic mass is 10.1. The molecule has 0 saturated carbocycles. The lowest BCUT2D eigenvalue weighted by molar-refractivity contribution is 0.311. The third kappa shape index (κ3) is 3.12. The summed E-state index contributed by atoms with van der Waals surface area (Å²) in [5, 5.41) is 13.0. The van der Waals surface area contributed by atoms with Crippen molar-refractivity contribution >= 4 is 16.7 Å². The van der Waals surface area contributed by atoms with E-state index in [0.717, 1.165) is 10.9 Å². The van der Waals surface area contributed by atoms with Gasteiger partial charge in [-0.25, -0.2) is 14.4 Å². The average Bonchev–Trinajstić information content (AvgIpc) is 3.14. The molecule has 0 spiro atoms. The highest BCUT2D eigenvalue weighted by atomic mass is 19.1. The summed E-state index contributed by atoms with van der Waals surface area (Å²) in [6.45, 7) is 0.329. The number of rotatable bonds is 5. The van der Waals surface area contributed by atoms with E-state index in [1.807, 2.05) is 12.1 Å². The third-order valence-corrected chi connectivity index (χ3v) is 3.97. The van der Waals surface area contributed by atoms with E-state index in [1.165, 1.54) is 12.1 Å². The summed E-state index contributed by atoms with van der Waals surface area (Å²) in [7, 11) is 0. The molecule has 4 aromatic rings. The lowest BCUT2D eigenvalue weighted by Crippen LogP contribution is -2.08. The van der Waals surface area contributed by atoms with Crippen molar-refractivity contribution in [2.75, 3.05) is 18.5 Å². The maximum absolute atomic E-state index is 14.1. The first-order valence-corrected chi connectivity index (χ1v) is 8.16. The second-order valence-corrected chi connectivity index (χ2v) is 5.75. The van der Waals surface area contributed by atoms with Crippen LogP contribution in [0.2, 0.25) is 0 Å². The molecule has 7 heteroatoms. The van der Waals surface area contributed by atoms with Gasteiger partial charge < -0.3 is 15.4 Å². The number of hydrogen-bond acceptors (Lipinski definition) is 5. The van der Waals surface area contributed by atoms with Crippen LogP contribution in [0.25, 0.3) is 33.5 Å². The zero-order chi connectivity index (χ0) is 17.9. The van der Waals surface area contributed by atoms with E-state index in [2.05, 4.69) is 25.3 Å². The summed E-state index contributed by atoms with van der Waals surface area (Å²) < 4.78 is 14.1. The quantitative estimate of drug-likeness (QED) is 0.515. The molecule has 4 rings (SSSR count). The Labute approximate surface area is 148 Å². The average molecular weight is 349 g/mol. The van der Waals surface area contributed by atoms with Gasteiger partial charge in [0.2, 0.25) is 0 Å². The Balaban J connectivity index is 1.90. The Morgan fingerprint density at radius 2 is 2.08 bits per heavy atom. The molecule has 3 aromatic heterocycles. The summed E-state index contributed by atoms with van der Waals surface area (Å²) in [6.07, 6.45) is 5.11. The van der Waals surface area contributed by atoms with Crippen LogP contribution in [0.3, 0.4) is 0 Å². The molecule has 6 nitrogen and oxygen atoms in total. The minimum atomic E-state index is -0.346. The monoisotopic (exact) mass is 349 g/mol. The van der Waals surface area contributed by atoms with Crippen LogP contribution in [-0.2, 0) is 0 Å². The zero-order valence-corrected chi connectivity index (χ0v) is 13.8. The first-order valence-electron chi connectivity index (χ1n) is 8.16. The molecule has 0 radical (unpaired) electrons. The molecule has 130 valence electrons. The van der Waals surface area contributed by atoms with Gasteiger partial charge in [0.25, 0.3) is 0 Å². The minimum absolute atomic E-state index is 0.0242. The van der Waals surface area contributed by atoms with Crippen molar-refractivity contribution in [3.05, 3.63) is 60.8 Å². The zero-order valence-electron chi connectivity index (χ0n) is 13.8. The molecule has 3 heterocycles. The minimum Gasteiger partial charge on any atom is -0.395 e. The lowest BCUT2D eigenvalue weighted by Gasteiger charge is -2.10. The van der Waals surface area contributed by atoms with Gasteiger partial charge in [-0.05, 0) is 30.3 Å². The number of aromatic nitrogens is 4. The summed E-state index contributed by atoms with van der Waals surface area (Å²) >= 11 is 0. The van der Waals surface area contributed by atoms with Crippen LogP contribution in [0.15, 0.2) is 55.0 Å². The Morgan fingerprint density at radius 1 is 1.15 bits per heavy atom. The largest absolute Gasteiger partial charge is 0.395 e. The molecule has 0 aliphatic heterocycles. The number of pyridine rings is 1. The highest BCUT2D eigenvalue weighted by Gasteiger charge is 2.13. The number of aromatic amines is 1. The summed E-state index contributed by atoms with van der Waals surface area (Å²) in [5.41, 5.74) is 2.71. The van der Waals surface area contributed by atoms with E-state index in [-0.39, 0.29) is 12.4 Å². The molecule has 0 unspecified atom stereocenters. The molecule has 0 bridgehead atoms. The van der Waals surface area contributed by atoms with Crippen molar-refractivity contribution in [3.63, 3.8) is 0 Å². The number of hydrogen-bond donors (Lipinski definition) is 3. The molecule has 0 amide bonds. The predicted octanol–water partition coefficient (Wildman–Crippen LogP) is 3.23. The van der Waals surface area contributed by atoms with E-state index in [9.17, 15) is 4.39 Å². The molecular formula is C19H16FN5O. The van der Waals surface area contributed by atoms with Gasteiger partial charge in [-0.1, -0.05) is 0 Å². The maximum Gasteiger partial charge on any atom is 0.163 e. The second kappa shape index (κ2) is 6.89. The number of H-pyrrole nitrogens is 1. The third-order valence-electron chi connectivity index (χ3n) is 3.97. The number of nitrogens with zero attached hydrogens (tertiary/aromatic N) is 3. The van der Waals surface area contributed by atoms with E-state index in [1.54, 1.807) is 30.7 Å². The molecule has 0 aliphatic carbocycles. The van der Waals surface area contributed by atoms with Crippen LogP contribution in [0, 0.1) is 5.82 Å². The molecular weight excluding hydrogens is 333 g/mol. The van der Waals surface area contributed by atoms with E-state index < -0.39 is 0 Å². The molecule has 0 atom stereocenters. The van der Waals surface area contributed by atoms with E-state index in [0.29, 0.717) is 35.0 Å². The number of anilines is 1. The van der Waals surface area contributed by atoms with Gasteiger partial charge in [-0.15, -0.1) is 0 Å². The van der Waals surface area contributed by atoms with E-state index >= 15 is 0 Å². The fourth-order valence-corrected chi connectivity index (χ4v) is 2.83. The van der Waals surface area contributed by atoms with Crippen molar-refractivity contribution in [2.24, 2.45) is 0 Å². The maximum atomic E-state index is 14.1. The van der Waals surface area contributed by atoms with E-state index in [4.69, 9.17) is 5.11 Å². The number of nitrogens with one attached hydrogen (secondary N) is 2. The summed E-state index contributed by atoms with van der Waals surface area (Å²) in [5.74, 6) is 0.682. The fourth-order valence-electron chi connectivity index (χ4n) is 2.83. The second-order valence-electron chi connectivity index (χ2n) is 5.75. The number of fused-ring (bicyclic) bond motifs is 1. The number of halogens is 1. The predicted molar refractivity (Wildman–Crippen MR) is 98.1 cm³/mol. The van der Waals surface area contributed by atoms with Crippen LogP contribution in [-0.4, -0.2) is 38.2 Å². The Morgan fingerprint density at radius 3 is 2.88 bits per heavy atom. The Bertz CT molecular complexity index is 1050. The number of aliphatic hydroxyl groups is 1. The SMILES string of the molecule is OCCNc1cc(-c2cc(F)cc3[nH]ccc23)nc(-c2cccnc2)n1. The van der Waals surface area contributed by atoms with Crippen LogP contribution < -0.4 is 5.32 Å². The number of aliphatic hydroxyl groups excluding tert-OH is 1. The highest BCUT2D eigenvalue weighted by Crippen LogP contribution is 2.30. The first-order chi connectivity index (χ1) is 12.7. The van der Waals surface area contributed by atoms with Crippen molar-refractivity contribution in [1.29, 1.82) is 0 Å². The van der Waals surface area contributed by atoms with Gasteiger partial charge in [-0.2, -0.15) is 0 Å². The van der Waals surface area contributed by atoms with Crippen molar-refractivity contribution in [1.82, 2.24) is 19.9 Å². The van der Waals surface area contributed by atoms with Crippen LogP contribution in [0.4, 0.5) is 10.2 Å². The van der Waals surface area contributed by atoms with Crippen LogP contribution in [0.5, 0.6) is 0 Å². The van der Waals surface area contributed by atoms with Crippen molar-refractivity contribution in [2.45, 2.75) is 0 Å². The molecule has 26 heavy (non-hydrogen) atoms. The standard InChI is InChI=1S/C19H16FN5O/c20-13-8-15(14-3-5-22-16(14)9-13)17-10-18(23-6-7-26)25-19(24-17)12-2-1-4-21-11-12/h1-5,8-11,22,26H,6-7H2,(H,23,24,25). The topological polar surface area (TPSA) is 86.7 Å². The molecule has 0 saturated heterocycles. The summed E-state index contributed by atoms with van der Waals surface area (Å²) in [6, 6.07) is 10.2. The van der Waals surface area contributed by atoms with Gasteiger partial charge in [0.05, 0.1) is 12.3 Å². The van der Waals surface area contributed by atoms with Crippen molar-refractivity contribution in [3.8, 4) is 22.6 Å². The number of benzene rings is 1. The fraction of sp³-hybridized carbons (Fsp3) is 0.105. The smallest absolute Gasteiger partial charge is 0.163 e. The highest BCUT2D eigenvalue weighted by molar-refractivity contribution is 5.94. The molecule has 0 fully saturated rings. The van der Waals surface area contributed by atoms with Gasteiger partial charge in [-0.3, -0.25) is 4.98 Å². The molecule has 0 aliphatic rings.